The third-order valence-corrected chi connectivity index (χ3v) is 3.91. The molecule has 0 aliphatic rings. The fourth-order valence-corrected chi connectivity index (χ4v) is 2.79. The van der Waals surface area contributed by atoms with Crippen molar-refractivity contribution in [2.75, 3.05) is 11.9 Å². The highest BCUT2D eigenvalue weighted by Gasteiger charge is 2.15. The first-order chi connectivity index (χ1) is 11.4. The van der Waals surface area contributed by atoms with Crippen molar-refractivity contribution in [2.24, 2.45) is 0 Å². The van der Waals surface area contributed by atoms with Crippen LogP contribution in [0.2, 0.25) is 0 Å². The summed E-state index contributed by atoms with van der Waals surface area (Å²) in [5, 5.41) is 13.5. The summed E-state index contributed by atoms with van der Waals surface area (Å²) in [4.78, 5) is 24.7. The number of nitrogens with one attached hydrogen (secondary N) is 1. The van der Waals surface area contributed by atoms with E-state index in [1.54, 1.807) is 6.92 Å². The second kappa shape index (κ2) is 7.70. The molecule has 0 saturated heterocycles. The van der Waals surface area contributed by atoms with Crippen molar-refractivity contribution in [1.29, 1.82) is 5.26 Å². The molecule has 0 unspecified atom stereocenters. The number of rotatable bonds is 5. The van der Waals surface area contributed by atoms with E-state index in [9.17, 15) is 9.59 Å². The van der Waals surface area contributed by atoms with Crippen LogP contribution in [0.1, 0.15) is 27.2 Å². The second-order valence-corrected chi connectivity index (χ2v) is 6.00. The van der Waals surface area contributed by atoms with E-state index in [0.29, 0.717) is 17.0 Å². The van der Waals surface area contributed by atoms with Crippen LogP contribution in [0, 0.1) is 31.4 Å². The van der Waals surface area contributed by atoms with Crippen LogP contribution in [0.3, 0.4) is 0 Å². The maximum atomic E-state index is 12.0. The summed E-state index contributed by atoms with van der Waals surface area (Å²) >= 11 is 1.06. The first-order valence-corrected chi connectivity index (χ1v) is 7.92. The van der Waals surface area contributed by atoms with Crippen LogP contribution >= 0.6 is 11.8 Å². The number of thioether (sulfide) groups is 1. The molecule has 0 spiro atoms. The van der Waals surface area contributed by atoms with E-state index < -0.39 is 18.5 Å². The second-order valence-electron chi connectivity index (χ2n) is 5.14. The van der Waals surface area contributed by atoms with Gasteiger partial charge in [0.25, 0.3) is 5.91 Å². The molecule has 1 heterocycles. The van der Waals surface area contributed by atoms with E-state index in [-0.39, 0.29) is 0 Å². The largest absolute Gasteiger partial charge is 0.469 e. The maximum Gasteiger partial charge on any atom is 0.342 e. The average molecular weight is 344 g/mol. The van der Waals surface area contributed by atoms with Gasteiger partial charge in [-0.15, -0.1) is 0 Å². The number of ether oxygens (including phenoxy) is 1. The Morgan fingerprint density at radius 3 is 2.50 bits per heavy atom. The summed E-state index contributed by atoms with van der Waals surface area (Å²) in [7, 11) is 0. The number of carbonyl (C=O) groups excluding carboxylic acids is 2. The monoisotopic (exact) mass is 344 g/mol. The van der Waals surface area contributed by atoms with Crippen LogP contribution in [0.5, 0.6) is 0 Å². The molecule has 2 rings (SSSR count). The fourth-order valence-electron chi connectivity index (χ4n) is 2.21. The molecule has 0 radical (unpaired) electrons. The molecular weight excluding hydrogens is 328 g/mol. The minimum absolute atomic E-state index is 0.299. The molecule has 24 heavy (non-hydrogen) atoms. The maximum absolute atomic E-state index is 12.0. The average Bonchev–Trinajstić information content (AvgIpc) is 2.95. The molecule has 0 bridgehead atoms. The molecule has 0 atom stereocenters. The molecule has 1 aromatic heterocycles. The zero-order valence-electron chi connectivity index (χ0n) is 13.5. The van der Waals surface area contributed by atoms with Crippen LogP contribution in [-0.2, 0) is 9.53 Å². The minimum atomic E-state index is -0.606. The zero-order chi connectivity index (χ0) is 17.7. The Morgan fingerprint density at radius 2 is 1.96 bits per heavy atom. The summed E-state index contributed by atoms with van der Waals surface area (Å²) in [5.41, 5.74) is 2.61. The number of carbonyl (C=O) groups is 2. The molecular formula is C17H16N2O4S. The number of amides is 1. The molecule has 0 aliphatic carbocycles. The van der Waals surface area contributed by atoms with Gasteiger partial charge < -0.3 is 14.5 Å². The van der Waals surface area contributed by atoms with Gasteiger partial charge >= 0.3 is 5.97 Å². The zero-order valence-corrected chi connectivity index (χ0v) is 14.3. The highest BCUT2D eigenvalue weighted by molar-refractivity contribution is 8.03. The lowest BCUT2D eigenvalue weighted by Gasteiger charge is -2.13. The molecule has 6 nitrogen and oxygen atoms in total. The molecule has 0 aliphatic heterocycles. The summed E-state index contributed by atoms with van der Waals surface area (Å²) < 4.78 is 10.0. The van der Waals surface area contributed by atoms with Crippen molar-refractivity contribution in [3.05, 3.63) is 46.9 Å². The van der Waals surface area contributed by atoms with Crippen LogP contribution < -0.4 is 5.32 Å². The van der Waals surface area contributed by atoms with Crippen molar-refractivity contribution >= 4 is 29.3 Å². The van der Waals surface area contributed by atoms with Crippen LogP contribution in [0.4, 0.5) is 5.69 Å². The lowest BCUT2D eigenvalue weighted by molar-refractivity contribution is -0.119. The van der Waals surface area contributed by atoms with Crippen molar-refractivity contribution in [3.63, 3.8) is 0 Å². The Hall–Kier alpha value is -2.72. The molecule has 7 heteroatoms. The Balaban J connectivity index is 1.99. The topological polar surface area (TPSA) is 92.3 Å². The van der Waals surface area contributed by atoms with Crippen molar-refractivity contribution in [2.45, 2.75) is 25.7 Å². The van der Waals surface area contributed by atoms with Gasteiger partial charge in [0.2, 0.25) is 0 Å². The van der Waals surface area contributed by atoms with Gasteiger partial charge in [-0.05, 0) is 61.9 Å². The number of thiocyanates is 1. The lowest BCUT2D eigenvalue weighted by Crippen LogP contribution is -2.22. The molecule has 1 aromatic carbocycles. The van der Waals surface area contributed by atoms with E-state index >= 15 is 0 Å². The number of hydrogen-bond donors (Lipinski definition) is 1. The van der Waals surface area contributed by atoms with Crippen LogP contribution in [0.25, 0.3) is 0 Å². The van der Waals surface area contributed by atoms with E-state index in [1.165, 1.54) is 12.3 Å². The van der Waals surface area contributed by atoms with Crippen molar-refractivity contribution < 1.29 is 18.7 Å². The first-order valence-electron chi connectivity index (χ1n) is 7.10. The fraction of sp³-hybridized carbons (Fsp3) is 0.235. The lowest BCUT2D eigenvalue weighted by atomic mass is 10.1. The first kappa shape index (κ1) is 17.6. The van der Waals surface area contributed by atoms with E-state index in [4.69, 9.17) is 14.4 Å². The normalized spacial score (nSPS) is 10.1. The predicted octanol–water partition coefficient (Wildman–Crippen LogP) is 3.57. The predicted molar refractivity (Wildman–Crippen MR) is 89.7 cm³/mol. The molecule has 2 aromatic rings. The van der Waals surface area contributed by atoms with Crippen molar-refractivity contribution in [3.8, 4) is 5.40 Å². The van der Waals surface area contributed by atoms with Gasteiger partial charge in [-0.2, -0.15) is 5.26 Å². The quantitative estimate of drug-likeness (QED) is 0.506. The van der Waals surface area contributed by atoms with Gasteiger partial charge in [0, 0.05) is 10.6 Å². The Labute approximate surface area is 143 Å². The van der Waals surface area contributed by atoms with Gasteiger partial charge in [-0.1, -0.05) is 0 Å². The molecule has 0 fully saturated rings. The number of nitriles is 1. The molecule has 1 amide bonds. The Morgan fingerprint density at radius 1 is 1.29 bits per heavy atom. The van der Waals surface area contributed by atoms with E-state index in [2.05, 4.69) is 5.32 Å². The van der Waals surface area contributed by atoms with Gasteiger partial charge in [-0.25, -0.2) is 4.79 Å². The van der Waals surface area contributed by atoms with Gasteiger partial charge in [0.1, 0.15) is 16.7 Å². The highest BCUT2D eigenvalue weighted by Crippen LogP contribution is 2.27. The third-order valence-electron chi connectivity index (χ3n) is 3.35. The summed E-state index contributed by atoms with van der Waals surface area (Å²) in [6, 6.07) is 5.13. The third kappa shape index (κ3) is 4.18. The Bertz CT molecular complexity index is 797. The van der Waals surface area contributed by atoms with Gasteiger partial charge in [-0.3, -0.25) is 4.79 Å². The van der Waals surface area contributed by atoms with Crippen LogP contribution in [0.15, 0.2) is 33.8 Å². The number of benzene rings is 1. The van der Waals surface area contributed by atoms with Gasteiger partial charge in [0.15, 0.2) is 6.61 Å². The van der Waals surface area contributed by atoms with Crippen molar-refractivity contribution in [1.82, 2.24) is 0 Å². The number of anilines is 1. The number of hydrogen-bond acceptors (Lipinski definition) is 6. The molecule has 124 valence electrons. The summed E-state index contributed by atoms with van der Waals surface area (Å²) in [5.74, 6) is -0.598. The molecule has 1 N–H and O–H groups in total. The highest BCUT2D eigenvalue weighted by atomic mass is 32.2. The Kier molecular flexibility index (Phi) is 5.66. The number of esters is 1. The van der Waals surface area contributed by atoms with Crippen LogP contribution in [-0.4, -0.2) is 18.5 Å². The van der Waals surface area contributed by atoms with E-state index in [0.717, 1.165) is 27.8 Å². The smallest absolute Gasteiger partial charge is 0.342 e. The number of aryl methyl sites for hydroxylation is 3. The standard InChI is InChI=1S/C17H16N2O4S/c1-10-6-13(24-9-18)7-11(2)16(10)19-15(20)8-23-17(21)14-4-5-22-12(14)3/h4-7H,8H2,1-3H3,(H,19,20). The summed E-state index contributed by atoms with van der Waals surface area (Å²) in [6.07, 6.45) is 1.39. The molecule has 0 saturated carbocycles. The SMILES string of the molecule is Cc1cc(SC#N)cc(C)c1NC(=O)COC(=O)c1ccoc1C. The van der Waals surface area contributed by atoms with Gasteiger partial charge in [0.05, 0.1) is 6.26 Å². The minimum Gasteiger partial charge on any atom is -0.469 e. The summed E-state index contributed by atoms with van der Waals surface area (Å²) in [6.45, 7) is 4.93. The van der Waals surface area contributed by atoms with E-state index in [1.807, 2.05) is 31.4 Å². The number of furan rings is 1. The number of nitrogens with zero attached hydrogens (tertiary/aromatic N) is 1.